The van der Waals surface area contributed by atoms with Gasteiger partial charge in [0.2, 0.25) is 0 Å². The van der Waals surface area contributed by atoms with E-state index in [-0.39, 0.29) is 37.5 Å². The van der Waals surface area contributed by atoms with E-state index in [1.165, 1.54) is 83.5 Å². The second-order valence-electron chi connectivity index (χ2n) is 15.6. The molecule has 0 saturated heterocycles. The van der Waals surface area contributed by atoms with Gasteiger partial charge in [-0.05, 0) is 77.0 Å². The molecule has 0 fully saturated rings. The molecule has 0 aromatic rings. The van der Waals surface area contributed by atoms with Crippen molar-refractivity contribution in [2.24, 2.45) is 0 Å². The molecule has 0 bridgehead atoms. The molecule has 332 valence electrons. The Hall–Kier alpha value is -3.15. The minimum Gasteiger partial charge on any atom is -0.462 e. The molecule has 1 atom stereocenters. The van der Waals surface area contributed by atoms with Crippen LogP contribution in [0, 0.1) is 0 Å². The van der Waals surface area contributed by atoms with Crippen LogP contribution in [0.25, 0.3) is 0 Å². The third-order valence-electron chi connectivity index (χ3n) is 9.95. The molecule has 0 aromatic heterocycles. The first-order valence-electron chi connectivity index (χ1n) is 23.9. The zero-order valence-corrected chi connectivity index (χ0v) is 37.8. The summed E-state index contributed by atoms with van der Waals surface area (Å²) >= 11 is 0. The molecule has 0 aliphatic heterocycles. The predicted octanol–water partition coefficient (Wildman–Crippen LogP) is 15.5. The van der Waals surface area contributed by atoms with Gasteiger partial charge in [-0.25, -0.2) is 0 Å². The molecule has 0 aliphatic carbocycles. The Morgan fingerprint density at radius 2 is 0.707 bits per heavy atom. The lowest BCUT2D eigenvalue weighted by atomic mass is 10.0. The van der Waals surface area contributed by atoms with Gasteiger partial charge in [0.25, 0.3) is 0 Å². The summed E-state index contributed by atoms with van der Waals surface area (Å²) in [6.45, 7) is 6.41. The Labute approximate surface area is 357 Å². The number of carbonyl (C=O) groups is 3. The Bertz CT molecular complexity index is 1110. The number of hydrogen-bond acceptors (Lipinski definition) is 6. The number of allylic oxidation sites excluding steroid dienone is 12. The summed E-state index contributed by atoms with van der Waals surface area (Å²) in [7, 11) is 0. The van der Waals surface area contributed by atoms with Gasteiger partial charge in [-0.3, -0.25) is 14.4 Å². The van der Waals surface area contributed by atoms with Crippen molar-refractivity contribution in [1.29, 1.82) is 0 Å². The van der Waals surface area contributed by atoms with Crippen molar-refractivity contribution in [2.75, 3.05) is 13.2 Å². The molecule has 0 radical (unpaired) electrons. The summed E-state index contributed by atoms with van der Waals surface area (Å²) in [5, 5.41) is 0. The highest BCUT2D eigenvalue weighted by atomic mass is 16.6. The minimum atomic E-state index is -0.804. The fourth-order valence-corrected chi connectivity index (χ4v) is 6.34. The lowest BCUT2D eigenvalue weighted by molar-refractivity contribution is -0.167. The minimum absolute atomic E-state index is 0.0994. The molecule has 0 unspecified atom stereocenters. The van der Waals surface area contributed by atoms with E-state index in [9.17, 15) is 14.4 Å². The predicted molar refractivity (Wildman–Crippen MR) is 247 cm³/mol. The SMILES string of the molecule is CC/C=C\C/C=C\C/C=C\C/C=C\C/C=C\CCCC(=O)O[C@H](COC(=O)CCCCCCC/C=C\CCCC)COC(=O)CCCCCCCCCCCCCC. The van der Waals surface area contributed by atoms with Gasteiger partial charge in [-0.2, -0.15) is 0 Å². The first kappa shape index (κ1) is 54.9. The summed E-state index contributed by atoms with van der Waals surface area (Å²) in [4.78, 5) is 37.8. The Morgan fingerprint density at radius 1 is 0.362 bits per heavy atom. The van der Waals surface area contributed by atoms with Gasteiger partial charge >= 0.3 is 17.9 Å². The molecule has 58 heavy (non-hydrogen) atoms. The summed E-state index contributed by atoms with van der Waals surface area (Å²) in [5.41, 5.74) is 0. The molecule has 0 aliphatic rings. The van der Waals surface area contributed by atoms with Crippen LogP contribution >= 0.6 is 0 Å². The number of hydrogen-bond donors (Lipinski definition) is 0. The van der Waals surface area contributed by atoms with Crippen LogP contribution in [0.1, 0.15) is 220 Å². The van der Waals surface area contributed by atoms with Gasteiger partial charge in [-0.15, -0.1) is 0 Å². The van der Waals surface area contributed by atoms with Crippen LogP contribution in [-0.4, -0.2) is 37.2 Å². The number of esters is 3. The zero-order valence-electron chi connectivity index (χ0n) is 37.8. The summed E-state index contributed by atoms with van der Waals surface area (Å²) in [6.07, 6.45) is 57.4. The van der Waals surface area contributed by atoms with Gasteiger partial charge in [0.15, 0.2) is 6.10 Å². The molecule has 6 nitrogen and oxygen atoms in total. The van der Waals surface area contributed by atoms with Gasteiger partial charge in [0.05, 0.1) is 0 Å². The lowest BCUT2D eigenvalue weighted by Crippen LogP contribution is -2.30. The normalized spacial score (nSPS) is 12.7. The highest BCUT2D eigenvalue weighted by Gasteiger charge is 2.19. The summed E-state index contributed by atoms with van der Waals surface area (Å²) in [6, 6.07) is 0. The van der Waals surface area contributed by atoms with Crippen LogP contribution in [0.2, 0.25) is 0 Å². The Kier molecular flexibility index (Phi) is 44.0. The average molecular weight is 809 g/mol. The maximum absolute atomic E-state index is 12.7. The Morgan fingerprint density at radius 3 is 1.17 bits per heavy atom. The number of rotatable bonds is 42. The maximum Gasteiger partial charge on any atom is 0.306 e. The lowest BCUT2D eigenvalue weighted by Gasteiger charge is -2.18. The van der Waals surface area contributed by atoms with Crippen molar-refractivity contribution >= 4 is 17.9 Å². The zero-order chi connectivity index (χ0) is 42.3. The van der Waals surface area contributed by atoms with Crippen LogP contribution in [-0.2, 0) is 28.6 Å². The van der Waals surface area contributed by atoms with Gasteiger partial charge in [0.1, 0.15) is 13.2 Å². The van der Waals surface area contributed by atoms with Crippen molar-refractivity contribution in [1.82, 2.24) is 0 Å². The summed E-state index contributed by atoms with van der Waals surface area (Å²) in [5.74, 6) is -0.971. The van der Waals surface area contributed by atoms with E-state index in [2.05, 4.69) is 93.7 Å². The second kappa shape index (κ2) is 46.5. The van der Waals surface area contributed by atoms with Crippen molar-refractivity contribution in [2.45, 2.75) is 226 Å². The molecular weight excluding hydrogens is 721 g/mol. The van der Waals surface area contributed by atoms with E-state index in [4.69, 9.17) is 14.2 Å². The van der Waals surface area contributed by atoms with E-state index in [0.717, 1.165) is 89.9 Å². The van der Waals surface area contributed by atoms with E-state index in [0.29, 0.717) is 19.3 Å². The van der Waals surface area contributed by atoms with Gasteiger partial charge in [0, 0.05) is 19.3 Å². The molecule has 0 amide bonds. The monoisotopic (exact) mass is 809 g/mol. The molecule has 0 aromatic carbocycles. The molecule has 0 saturated carbocycles. The highest BCUT2D eigenvalue weighted by molar-refractivity contribution is 5.71. The quantitative estimate of drug-likeness (QED) is 0.0264. The molecule has 0 N–H and O–H groups in total. The topological polar surface area (TPSA) is 78.9 Å². The van der Waals surface area contributed by atoms with Gasteiger partial charge < -0.3 is 14.2 Å². The third kappa shape index (κ3) is 44.0. The molecular formula is C52H88O6. The standard InChI is InChI=1S/C52H88O6/c1-4-7-10-13-16-19-22-24-25-26-27-28-31-34-37-40-43-46-52(55)58-49(47-56-50(53)44-41-38-35-32-29-21-18-15-12-9-6-3)48-57-51(54)45-42-39-36-33-30-23-20-17-14-11-8-5-2/h7,10,15-16,18-19,24-25,27-28,34,37,49H,4-6,8-9,11-14,17,20-23,26,29-33,35-36,38-48H2,1-3H3/b10-7-,18-15-,19-16-,25-24-,28-27-,37-34-/t49-/m1/s1. The fourth-order valence-electron chi connectivity index (χ4n) is 6.34. The fraction of sp³-hybridized carbons (Fsp3) is 0.712. The molecule has 0 rings (SSSR count). The first-order chi connectivity index (χ1) is 28.5. The van der Waals surface area contributed by atoms with Crippen LogP contribution < -0.4 is 0 Å². The molecule has 0 spiro atoms. The third-order valence-corrected chi connectivity index (χ3v) is 9.95. The van der Waals surface area contributed by atoms with Crippen molar-refractivity contribution in [3.05, 3.63) is 72.9 Å². The van der Waals surface area contributed by atoms with Crippen molar-refractivity contribution < 1.29 is 28.6 Å². The molecule has 0 heterocycles. The van der Waals surface area contributed by atoms with E-state index in [1.54, 1.807) is 0 Å². The average Bonchev–Trinajstić information content (AvgIpc) is 3.22. The van der Waals surface area contributed by atoms with Crippen LogP contribution in [0.3, 0.4) is 0 Å². The smallest absolute Gasteiger partial charge is 0.306 e. The maximum atomic E-state index is 12.7. The van der Waals surface area contributed by atoms with Crippen molar-refractivity contribution in [3.8, 4) is 0 Å². The van der Waals surface area contributed by atoms with Crippen LogP contribution in [0.5, 0.6) is 0 Å². The van der Waals surface area contributed by atoms with E-state index in [1.807, 2.05) is 0 Å². The molecule has 6 heteroatoms. The van der Waals surface area contributed by atoms with E-state index >= 15 is 0 Å². The largest absolute Gasteiger partial charge is 0.462 e. The van der Waals surface area contributed by atoms with Gasteiger partial charge in [-0.1, -0.05) is 196 Å². The van der Waals surface area contributed by atoms with Crippen LogP contribution in [0.15, 0.2) is 72.9 Å². The Balaban J connectivity index is 4.49. The van der Waals surface area contributed by atoms with Crippen molar-refractivity contribution in [3.63, 3.8) is 0 Å². The number of ether oxygens (including phenoxy) is 3. The van der Waals surface area contributed by atoms with Crippen LogP contribution in [0.4, 0.5) is 0 Å². The van der Waals surface area contributed by atoms with E-state index < -0.39 is 6.10 Å². The second-order valence-corrected chi connectivity index (χ2v) is 15.6. The first-order valence-corrected chi connectivity index (χ1v) is 23.9. The summed E-state index contributed by atoms with van der Waals surface area (Å²) < 4.78 is 16.7. The number of carbonyl (C=O) groups excluding carboxylic acids is 3. The highest BCUT2D eigenvalue weighted by Crippen LogP contribution is 2.14. The number of unbranched alkanes of at least 4 members (excludes halogenated alkanes) is 19.